The number of anilines is 4. The number of amides is 1. The van der Waals surface area contributed by atoms with Crippen LogP contribution in [-0.2, 0) is 14.3 Å². The van der Waals surface area contributed by atoms with Gasteiger partial charge in [0.25, 0.3) is 5.91 Å². The smallest absolute Gasteiger partial charge is 0.250 e. The second-order valence-electron chi connectivity index (χ2n) is 7.20. The summed E-state index contributed by atoms with van der Waals surface area (Å²) in [5.41, 5.74) is 3.00. The maximum absolute atomic E-state index is 12.1. The summed E-state index contributed by atoms with van der Waals surface area (Å²) >= 11 is 0. The Morgan fingerprint density at radius 2 is 2.06 bits per heavy atom. The molecule has 0 atom stereocenters. The van der Waals surface area contributed by atoms with Gasteiger partial charge in [0.05, 0.1) is 44.2 Å². The monoisotopic (exact) mass is 439 g/mol. The van der Waals surface area contributed by atoms with E-state index < -0.39 is 0 Å². The number of aromatic nitrogens is 4. The zero-order chi connectivity index (χ0) is 22.5. The molecule has 1 amide bonds. The summed E-state index contributed by atoms with van der Waals surface area (Å²) in [6, 6.07) is 5.68. The van der Waals surface area contributed by atoms with Crippen molar-refractivity contribution >= 4 is 29.0 Å². The van der Waals surface area contributed by atoms with E-state index in [-0.39, 0.29) is 19.2 Å². The number of benzene rings is 1. The van der Waals surface area contributed by atoms with Crippen molar-refractivity contribution in [3.05, 3.63) is 42.6 Å². The molecule has 32 heavy (non-hydrogen) atoms. The molecule has 4 rings (SSSR count). The Labute approximate surface area is 185 Å². The number of rotatable bonds is 4. The molecule has 2 N–H and O–H groups in total. The standard InChI is InChI=1S/C21H25N7O4/c1-14-10-28(12-23-14)17-5-4-15(8-18(17)30-3)24-21-22-9-16-20(26-21)27(2)13-32-7-6-31-11-19(29)25-16/h4-5,8-10,12H,6-7,11,13H2,1-3H3,(H,25,29)(H,22,24,26). The third kappa shape index (κ3) is 4.95. The highest BCUT2D eigenvalue weighted by atomic mass is 16.5. The molecule has 0 saturated heterocycles. The summed E-state index contributed by atoms with van der Waals surface area (Å²) in [5.74, 6) is 1.28. The summed E-state index contributed by atoms with van der Waals surface area (Å²) in [6.07, 6.45) is 5.22. The molecule has 11 nitrogen and oxygen atoms in total. The van der Waals surface area contributed by atoms with E-state index in [1.54, 1.807) is 24.5 Å². The van der Waals surface area contributed by atoms with Gasteiger partial charge in [0.15, 0.2) is 5.82 Å². The molecular formula is C21H25N7O4. The Kier molecular flexibility index (Phi) is 6.47. The number of carbonyl (C=O) groups is 1. The maximum atomic E-state index is 12.1. The first kappa shape index (κ1) is 21.5. The van der Waals surface area contributed by atoms with E-state index in [4.69, 9.17) is 14.2 Å². The van der Waals surface area contributed by atoms with Gasteiger partial charge in [-0.2, -0.15) is 4.98 Å². The van der Waals surface area contributed by atoms with Crippen LogP contribution in [0.1, 0.15) is 5.69 Å². The van der Waals surface area contributed by atoms with E-state index in [9.17, 15) is 4.79 Å². The minimum Gasteiger partial charge on any atom is -0.494 e. The fourth-order valence-electron chi connectivity index (χ4n) is 3.19. The van der Waals surface area contributed by atoms with Crippen molar-refractivity contribution in [3.8, 4) is 11.4 Å². The van der Waals surface area contributed by atoms with Crippen LogP contribution in [0.2, 0.25) is 0 Å². The molecule has 0 bridgehead atoms. The molecule has 3 aromatic rings. The van der Waals surface area contributed by atoms with E-state index in [1.807, 2.05) is 42.9 Å². The summed E-state index contributed by atoms with van der Waals surface area (Å²) in [4.78, 5) is 27.1. The van der Waals surface area contributed by atoms with Crippen molar-refractivity contribution in [3.63, 3.8) is 0 Å². The van der Waals surface area contributed by atoms with Crippen LogP contribution in [0, 0.1) is 6.92 Å². The molecule has 0 saturated carbocycles. The zero-order valence-corrected chi connectivity index (χ0v) is 18.2. The van der Waals surface area contributed by atoms with Crippen molar-refractivity contribution in [1.82, 2.24) is 19.5 Å². The first-order valence-corrected chi connectivity index (χ1v) is 10.0. The van der Waals surface area contributed by atoms with Crippen LogP contribution < -0.4 is 20.3 Å². The number of nitrogens with zero attached hydrogens (tertiary/aromatic N) is 5. The third-order valence-corrected chi connectivity index (χ3v) is 4.72. The van der Waals surface area contributed by atoms with Crippen molar-refractivity contribution in [1.29, 1.82) is 0 Å². The summed E-state index contributed by atoms with van der Waals surface area (Å²) in [5, 5.41) is 5.97. The molecule has 11 heteroatoms. The van der Waals surface area contributed by atoms with Gasteiger partial charge in [0.1, 0.15) is 24.8 Å². The Bertz CT molecular complexity index is 1100. The van der Waals surface area contributed by atoms with Crippen molar-refractivity contribution in [2.24, 2.45) is 0 Å². The number of ether oxygens (including phenoxy) is 3. The Balaban J connectivity index is 1.60. The van der Waals surface area contributed by atoms with Crippen LogP contribution in [0.4, 0.5) is 23.1 Å². The van der Waals surface area contributed by atoms with E-state index in [2.05, 4.69) is 25.6 Å². The fourth-order valence-corrected chi connectivity index (χ4v) is 3.19. The Morgan fingerprint density at radius 3 is 2.84 bits per heavy atom. The van der Waals surface area contributed by atoms with E-state index >= 15 is 0 Å². The van der Waals surface area contributed by atoms with E-state index in [0.717, 1.165) is 17.1 Å². The average molecular weight is 439 g/mol. The number of hydrogen-bond donors (Lipinski definition) is 2. The minimum absolute atomic E-state index is 0.0604. The van der Waals surface area contributed by atoms with Gasteiger partial charge in [-0.25, -0.2) is 9.97 Å². The molecule has 3 heterocycles. The molecular weight excluding hydrogens is 414 g/mol. The van der Waals surface area contributed by atoms with Crippen LogP contribution in [0.25, 0.3) is 5.69 Å². The highest BCUT2D eigenvalue weighted by molar-refractivity contribution is 5.94. The van der Waals surface area contributed by atoms with Crippen LogP contribution in [0.5, 0.6) is 5.75 Å². The SMILES string of the molecule is COc1cc(Nc2ncc3c(n2)N(C)COCCOCC(=O)N3)ccc1-n1cnc(C)c1. The highest BCUT2D eigenvalue weighted by Gasteiger charge is 2.16. The predicted octanol–water partition coefficient (Wildman–Crippen LogP) is 2.10. The maximum Gasteiger partial charge on any atom is 0.250 e. The van der Waals surface area contributed by atoms with Gasteiger partial charge in [-0.3, -0.25) is 4.79 Å². The van der Waals surface area contributed by atoms with Crippen molar-refractivity contribution in [2.45, 2.75) is 6.92 Å². The first-order valence-electron chi connectivity index (χ1n) is 10.0. The van der Waals surface area contributed by atoms with E-state index in [0.29, 0.717) is 36.4 Å². The first-order chi connectivity index (χ1) is 15.5. The minimum atomic E-state index is -0.277. The second-order valence-corrected chi connectivity index (χ2v) is 7.20. The topological polar surface area (TPSA) is 116 Å². The predicted molar refractivity (Wildman–Crippen MR) is 119 cm³/mol. The molecule has 1 aliphatic heterocycles. The molecule has 168 valence electrons. The van der Waals surface area contributed by atoms with Gasteiger partial charge >= 0.3 is 0 Å². The number of imidazole rings is 1. The molecule has 0 fully saturated rings. The molecule has 0 radical (unpaired) electrons. The van der Waals surface area contributed by atoms with Crippen molar-refractivity contribution in [2.75, 3.05) is 56.2 Å². The summed E-state index contributed by atoms with van der Waals surface area (Å²) in [7, 11) is 3.44. The summed E-state index contributed by atoms with van der Waals surface area (Å²) < 4.78 is 18.3. The largest absolute Gasteiger partial charge is 0.494 e. The van der Waals surface area contributed by atoms with Crippen molar-refractivity contribution < 1.29 is 19.0 Å². The second kappa shape index (κ2) is 9.62. The number of aryl methyl sites for hydroxylation is 1. The number of methoxy groups -OCH3 is 1. The van der Waals surface area contributed by atoms with Crippen LogP contribution in [0.3, 0.4) is 0 Å². The van der Waals surface area contributed by atoms with E-state index in [1.165, 1.54) is 0 Å². The van der Waals surface area contributed by atoms with Gasteiger partial charge in [0, 0.05) is 25.0 Å². The lowest BCUT2D eigenvalue weighted by Crippen LogP contribution is -2.25. The summed E-state index contributed by atoms with van der Waals surface area (Å²) in [6.45, 7) is 2.88. The van der Waals surface area contributed by atoms with Gasteiger partial charge in [-0.15, -0.1) is 0 Å². The molecule has 2 aromatic heterocycles. The molecule has 0 spiro atoms. The van der Waals surface area contributed by atoms with Crippen LogP contribution >= 0.6 is 0 Å². The Morgan fingerprint density at radius 1 is 1.22 bits per heavy atom. The zero-order valence-electron chi connectivity index (χ0n) is 18.2. The number of nitrogens with one attached hydrogen (secondary N) is 2. The van der Waals surface area contributed by atoms with Gasteiger partial charge in [-0.1, -0.05) is 0 Å². The van der Waals surface area contributed by atoms with Gasteiger partial charge in [-0.05, 0) is 19.1 Å². The van der Waals surface area contributed by atoms with Crippen LogP contribution in [0.15, 0.2) is 36.9 Å². The Hall–Kier alpha value is -3.70. The molecule has 0 aliphatic carbocycles. The number of fused-ring (bicyclic) bond motifs is 1. The molecule has 1 aliphatic rings. The fraction of sp³-hybridized carbons (Fsp3) is 0.333. The quantitative estimate of drug-likeness (QED) is 0.630. The molecule has 1 aromatic carbocycles. The lowest BCUT2D eigenvalue weighted by Gasteiger charge is -2.21. The molecule has 0 unspecified atom stereocenters. The highest BCUT2D eigenvalue weighted by Crippen LogP contribution is 2.29. The lowest BCUT2D eigenvalue weighted by atomic mass is 10.2. The van der Waals surface area contributed by atoms with Crippen LogP contribution in [-0.4, -0.2) is 66.1 Å². The lowest BCUT2D eigenvalue weighted by molar-refractivity contribution is -0.121. The van der Waals surface area contributed by atoms with Gasteiger partial charge in [0.2, 0.25) is 5.95 Å². The third-order valence-electron chi connectivity index (χ3n) is 4.72. The number of hydrogen-bond acceptors (Lipinski definition) is 9. The number of carbonyl (C=O) groups excluding carboxylic acids is 1. The average Bonchev–Trinajstić information content (AvgIpc) is 3.21. The normalized spacial score (nSPS) is 14.8. The van der Waals surface area contributed by atoms with Gasteiger partial charge < -0.3 is 34.3 Å².